The van der Waals surface area contributed by atoms with Gasteiger partial charge < -0.3 is 14.8 Å². The standard InChI is InChI=1S/C20H21NO3/c1-20(11-14-5-2-3-6-15(14)12-20)13-21-19(22)16-7-4-8-17-18(16)24-10-9-23-17/h2-8H,9-13H2,1H3,(H,21,22). The summed E-state index contributed by atoms with van der Waals surface area (Å²) in [6.07, 6.45) is 1.99. The highest BCUT2D eigenvalue weighted by atomic mass is 16.6. The molecule has 1 aliphatic heterocycles. The summed E-state index contributed by atoms with van der Waals surface area (Å²) < 4.78 is 11.2. The van der Waals surface area contributed by atoms with Crippen LogP contribution < -0.4 is 14.8 Å². The fraction of sp³-hybridized carbons (Fsp3) is 0.350. The second-order valence-electron chi connectivity index (χ2n) is 6.95. The van der Waals surface area contributed by atoms with E-state index in [1.54, 1.807) is 6.07 Å². The van der Waals surface area contributed by atoms with Gasteiger partial charge in [0, 0.05) is 6.54 Å². The molecule has 0 atom stereocenters. The van der Waals surface area contributed by atoms with E-state index in [0.717, 1.165) is 12.8 Å². The molecule has 0 fully saturated rings. The van der Waals surface area contributed by atoms with Gasteiger partial charge in [-0.1, -0.05) is 37.3 Å². The Morgan fingerprint density at radius 2 is 1.75 bits per heavy atom. The Morgan fingerprint density at radius 3 is 2.50 bits per heavy atom. The Labute approximate surface area is 141 Å². The van der Waals surface area contributed by atoms with Crippen LogP contribution in [0.25, 0.3) is 0 Å². The lowest BCUT2D eigenvalue weighted by Crippen LogP contribution is -2.36. The van der Waals surface area contributed by atoms with Gasteiger partial charge in [0.05, 0.1) is 5.56 Å². The summed E-state index contributed by atoms with van der Waals surface area (Å²) in [4.78, 5) is 12.6. The first-order chi connectivity index (χ1) is 11.6. The van der Waals surface area contributed by atoms with Gasteiger partial charge in [-0.25, -0.2) is 0 Å². The van der Waals surface area contributed by atoms with E-state index in [1.807, 2.05) is 12.1 Å². The van der Waals surface area contributed by atoms with E-state index in [-0.39, 0.29) is 11.3 Å². The van der Waals surface area contributed by atoms with Crippen molar-refractivity contribution in [1.29, 1.82) is 0 Å². The average Bonchev–Trinajstić information content (AvgIpc) is 2.96. The molecule has 0 radical (unpaired) electrons. The molecule has 1 heterocycles. The van der Waals surface area contributed by atoms with E-state index in [1.165, 1.54) is 11.1 Å². The smallest absolute Gasteiger partial charge is 0.255 e. The summed E-state index contributed by atoms with van der Waals surface area (Å²) in [6.45, 7) is 3.87. The molecule has 2 aromatic rings. The normalized spacial score (nSPS) is 17.2. The van der Waals surface area contributed by atoms with Crippen LogP contribution in [0, 0.1) is 5.41 Å². The lowest BCUT2D eigenvalue weighted by atomic mass is 9.87. The molecule has 4 heteroatoms. The third-order valence-corrected chi connectivity index (χ3v) is 4.84. The van der Waals surface area contributed by atoms with Gasteiger partial charge in [-0.05, 0) is 41.5 Å². The average molecular weight is 323 g/mol. The van der Waals surface area contributed by atoms with Gasteiger partial charge in [0.25, 0.3) is 5.91 Å². The van der Waals surface area contributed by atoms with Crippen LogP contribution in [0.1, 0.15) is 28.4 Å². The Hall–Kier alpha value is -2.49. The number of fused-ring (bicyclic) bond motifs is 2. The molecule has 124 valence electrons. The van der Waals surface area contributed by atoms with Gasteiger partial charge in [0.2, 0.25) is 0 Å². The first kappa shape index (κ1) is 15.1. The predicted octanol–water partition coefficient (Wildman–Crippen LogP) is 2.99. The highest BCUT2D eigenvalue weighted by molar-refractivity contribution is 5.97. The van der Waals surface area contributed by atoms with Gasteiger partial charge in [0.15, 0.2) is 11.5 Å². The molecule has 1 N–H and O–H groups in total. The molecule has 2 aliphatic rings. The first-order valence-electron chi connectivity index (χ1n) is 8.38. The van der Waals surface area contributed by atoms with Gasteiger partial charge >= 0.3 is 0 Å². The van der Waals surface area contributed by atoms with Crippen molar-refractivity contribution in [2.24, 2.45) is 5.41 Å². The van der Waals surface area contributed by atoms with Crippen molar-refractivity contribution in [3.63, 3.8) is 0 Å². The zero-order valence-corrected chi connectivity index (χ0v) is 13.8. The highest BCUT2D eigenvalue weighted by Gasteiger charge is 2.33. The molecule has 1 amide bonds. The quantitative estimate of drug-likeness (QED) is 0.944. The fourth-order valence-electron chi connectivity index (χ4n) is 3.65. The van der Waals surface area contributed by atoms with Crippen LogP contribution in [0.4, 0.5) is 0 Å². The number of nitrogens with one attached hydrogen (secondary N) is 1. The van der Waals surface area contributed by atoms with Crippen LogP contribution >= 0.6 is 0 Å². The highest BCUT2D eigenvalue weighted by Crippen LogP contribution is 2.37. The molecule has 4 rings (SSSR count). The summed E-state index contributed by atoms with van der Waals surface area (Å²) in [7, 11) is 0. The number of hydrogen-bond donors (Lipinski definition) is 1. The minimum Gasteiger partial charge on any atom is -0.486 e. The molecular weight excluding hydrogens is 302 g/mol. The zero-order valence-electron chi connectivity index (χ0n) is 13.8. The maximum absolute atomic E-state index is 12.6. The summed E-state index contributed by atoms with van der Waals surface area (Å²) in [5.41, 5.74) is 3.39. The number of benzene rings is 2. The minimum atomic E-state index is -0.102. The Bertz CT molecular complexity index is 759. The molecule has 0 spiro atoms. The molecule has 0 unspecified atom stereocenters. The molecule has 0 bridgehead atoms. The van der Waals surface area contributed by atoms with Crippen molar-refractivity contribution < 1.29 is 14.3 Å². The second kappa shape index (κ2) is 5.86. The number of carbonyl (C=O) groups is 1. The van der Waals surface area contributed by atoms with E-state index in [9.17, 15) is 4.79 Å². The number of amides is 1. The summed E-state index contributed by atoms with van der Waals surface area (Å²) in [6, 6.07) is 14.0. The second-order valence-corrected chi connectivity index (χ2v) is 6.95. The molecule has 0 aromatic heterocycles. The third-order valence-electron chi connectivity index (χ3n) is 4.84. The van der Waals surface area contributed by atoms with Crippen molar-refractivity contribution in [3.8, 4) is 11.5 Å². The lowest BCUT2D eigenvalue weighted by molar-refractivity contribution is 0.0924. The van der Waals surface area contributed by atoms with E-state index < -0.39 is 0 Å². The molecule has 24 heavy (non-hydrogen) atoms. The molecule has 0 saturated carbocycles. The van der Waals surface area contributed by atoms with Crippen LogP contribution in [0.5, 0.6) is 11.5 Å². The van der Waals surface area contributed by atoms with Crippen LogP contribution in [0.15, 0.2) is 42.5 Å². The van der Waals surface area contributed by atoms with Crippen molar-refractivity contribution >= 4 is 5.91 Å². The molecule has 4 nitrogen and oxygen atoms in total. The number of para-hydroxylation sites is 1. The lowest BCUT2D eigenvalue weighted by Gasteiger charge is -2.25. The van der Waals surface area contributed by atoms with Gasteiger partial charge in [0.1, 0.15) is 13.2 Å². The van der Waals surface area contributed by atoms with Crippen molar-refractivity contribution in [2.75, 3.05) is 19.8 Å². The molecular formula is C20H21NO3. The Morgan fingerprint density at radius 1 is 1.04 bits per heavy atom. The summed E-state index contributed by atoms with van der Waals surface area (Å²) in [5.74, 6) is 1.10. The monoisotopic (exact) mass is 323 g/mol. The first-order valence-corrected chi connectivity index (χ1v) is 8.38. The topological polar surface area (TPSA) is 47.6 Å². The van der Waals surface area contributed by atoms with Crippen LogP contribution in [0.3, 0.4) is 0 Å². The number of carbonyl (C=O) groups excluding carboxylic acids is 1. The number of rotatable bonds is 3. The van der Waals surface area contributed by atoms with E-state index in [4.69, 9.17) is 9.47 Å². The van der Waals surface area contributed by atoms with Gasteiger partial charge in [-0.3, -0.25) is 4.79 Å². The maximum atomic E-state index is 12.6. The molecule has 1 aliphatic carbocycles. The zero-order chi connectivity index (χ0) is 16.6. The maximum Gasteiger partial charge on any atom is 0.255 e. The number of hydrogen-bond acceptors (Lipinski definition) is 3. The van der Waals surface area contributed by atoms with E-state index in [2.05, 4.69) is 36.5 Å². The predicted molar refractivity (Wildman–Crippen MR) is 91.7 cm³/mol. The van der Waals surface area contributed by atoms with Crippen LogP contribution in [-0.4, -0.2) is 25.7 Å². The Kier molecular flexibility index (Phi) is 3.68. The largest absolute Gasteiger partial charge is 0.486 e. The number of ether oxygens (including phenoxy) is 2. The van der Waals surface area contributed by atoms with Gasteiger partial charge in [-0.2, -0.15) is 0 Å². The van der Waals surface area contributed by atoms with Crippen LogP contribution in [-0.2, 0) is 12.8 Å². The fourth-order valence-corrected chi connectivity index (χ4v) is 3.65. The van der Waals surface area contributed by atoms with Gasteiger partial charge in [-0.15, -0.1) is 0 Å². The van der Waals surface area contributed by atoms with E-state index in [0.29, 0.717) is 36.8 Å². The van der Waals surface area contributed by atoms with Crippen molar-refractivity contribution in [2.45, 2.75) is 19.8 Å². The third kappa shape index (κ3) is 2.73. The van der Waals surface area contributed by atoms with Crippen molar-refractivity contribution in [1.82, 2.24) is 5.32 Å². The summed E-state index contributed by atoms with van der Waals surface area (Å²) in [5, 5.41) is 3.09. The van der Waals surface area contributed by atoms with Crippen molar-refractivity contribution in [3.05, 3.63) is 59.2 Å². The molecule has 2 aromatic carbocycles. The summed E-state index contributed by atoms with van der Waals surface area (Å²) >= 11 is 0. The van der Waals surface area contributed by atoms with Crippen LogP contribution in [0.2, 0.25) is 0 Å². The van der Waals surface area contributed by atoms with E-state index >= 15 is 0 Å². The Balaban J connectivity index is 1.46. The molecule has 0 saturated heterocycles. The SMILES string of the molecule is CC1(CNC(=O)c2cccc3c2OCCO3)Cc2ccccc2C1. The minimum absolute atomic E-state index is 0.0611.